The maximum atomic E-state index is 15.4. The second-order valence-corrected chi connectivity index (χ2v) is 14.7. The van der Waals surface area contributed by atoms with Crippen molar-refractivity contribution >= 4 is 50.7 Å². The van der Waals surface area contributed by atoms with E-state index in [1.54, 1.807) is 54.6 Å². The standard InChI is InChI=1S/C54H28N6O2/c1-57-37-26-28-40(46(30-37)58-2)42-19-10-21-44-43-20-9-18-41(38-27-25-33(31-55)29-36(38)32-56)51(43)59(52(42)44)48-24-12-22-45-50(48)54(62)60(53(45)61)47-23-11-17-39(34-13-5-3-6-14-34)49(47)35-15-7-4-8-16-35/h3-30H. The molecule has 0 saturated heterocycles. The normalized spacial score (nSPS) is 11.8. The molecule has 2 heterocycles. The van der Waals surface area contributed by atoms with Gasteiger partial charge in [-0.05, 0) is 58.1 Å². The van der Waals surface area contributed by atoms with Crippen LogP contribution in [0.1, 0.15) is 31.8 Å². The third kappa shape index (κ3) is 5.65. The van der Waals surface area contributed by atoms with Crippen molar-refractivity contribution < 1.29 is 9.59 Å². The van der Waals surface area contributed by atoms with Gasteiger partial charge in [0.15, 0.2) is 11.4 Å². The highest BCUT2D eigenvalue weighted by Gasteiger charge is 2.41. The highest BCUT2D eigenvalue weighted by atomic mass is 16.2. The Bertz CT molecular complexity index is 3430. The van der Waals surface area contributed by atoms with E-state index in [1.165, 1.54) is 4.90 Å². The van der Waals surface area contributed by atoms with Crippen LogP contribution in [0.15, 0.2) is 170 Å². The van der Waals surface area contributed by atoms with Gasteiger partial charge in [0.1, 0.15) is 0 Å². The molecule has 62 heavy (non-hydrogen) atoms. The molecule has 8 aromatic carbocycles. The molecular formula is C54H28N6O2. The second kappa shape index (κ2) is 14.8. The second-order valence-electron chi connectivity index (χ2n) is 14.7. The molecule has 8 nitrogen and oxygen atoms in total. The minimum absolute atomic E-state index is 0.194. The average Bonchev–Trinajstić information content (AvgIpc) is 3.81. The van der Waals surface area contributed by atoms with Gasteiger partial charge in [0.05, 0.1) is 69.9 Å². The molecule has 0 aliphatic carbocycles. The summed E-state index contributed by atoms with van der Waals surface area (Å²) in [5.41, 5.74) is 9.69. The number of nitrogens with zero attached hydrogens (tertiary/aromatic N) is 6. The van der Waals surface area contributed by atoms with Crippen LogP contribution in [-0.2, 0) is 0 Å². The number of fused-ring (bicyclic) bond motifs is 4. The van der Waals surface area contributed by atoms with Crippen molar-refractivity contribution in [2.75, 3.05) is 4.90 Å². The first-order valence-electron chi connectivity index (χ1n) is 19.6. The van der Waals surface area contributed by atoms with E-state index in [4.69, 9.17) is 13.1 Å². The fourth-order valence-electron chi connectivity index (χ4n) is 8.81. The Morgan fingerprint density at radius 2 is 1.06 bits per heavy atom. The molecule has 0 unspecified atom stereocenters. The molecule has 8 heteroatoms. The van der Waals surface area contributed by atoms with Gasteiger partial charge >= 0.3 is 0 Å². The van der Waals surface area contributed by atoms with Crippen molar-refractivity contribution in [2.45, 2.75) is 0 Å². The van der Waals surface area contributed by atoms with Crippen LogP contribution in [0.2, 0.25) is 0 Å². The summed E-state index contributed by atoms with van der Waals surface area (Å²) >= 11 is 0. The summed E-state index contributed by atoms with van der Waals surface area (Å²) < 4.78 is 1.97. The van der Waals surface area contributed by atoms with Crippen LogP contribution in [-0.4, -0.2) is 16.4 Å². The zero-order valence-electron chi connectivity index (χ0n) is 32.7. The maximum Gasteiger partial charge on any atom is 0.268 e. The first kappa shape index (κ1) is 37.0. The van der Waals surface area contributed by atoms with Crippen LogP contribution in [0.5, 0.6) is 0 Å². The summed E-state index contributed by atoms with van der Waals surface area (Å²) in [4.78, 5) is 39.0. The predicted molar refractivity (Wildman–Crippen MR) is 242 cm³/mol. The minimum Gasteiger partial charge on any atom is -0.307 e. The van der Waals surface area contributed by atoms with Crippen LogP contribution in [0.25, 0.3) is 81.7 Å². The molecule has 0 radical (unpaired) electrons. The van der Waals surface area contributed by atoms with Gasteiger partial charge in [0, 0.05) is 27.5 Å². The number of amides is 2. The molecule has 0 spiro atoms. The van der Waals surface area contributed by atoms with Gasteiger partial charge in [-0.3, -0.25) is 9.59 Å². The Hall–Kier alpha value is -9.34. The van der Waals surface area contributed by atoms with Crippen molar-refractivity contribution in [1.82, 2.24) is 4.57 Å². The topological polar surface area (TPSA) is 98.6 Å². The van der Waals surface area contributed by atoms with Crippen LogP contribution in [0, 0.1) is 35.8 Å². The number of aromatic nitrogens is 1. The first-order chi connectivity index (χ1) is 30.4. The molecule has 1 aliphatic heterocycles. The molecule has 1 aromatic heterocycles. The van der Waals surface area contributed by atoms with Crippen LogP contribution in [0.3, 0.4) is 0 Å². The Morgan fingerprint density at radius 1 is 0.468 bits per heavy atom. The van der Waals surface area contributed by atoms with E-state index in [0.29, 0.717) is 61.5 Å². The fourth-order valence-corrected chi connectivity index (χ4v) is 8.81. The smallest absolute Gasteiger partial charge is 0.268 e. The van der Waals surface area contributed by atoms with Crippen molar-refractivity contribution in [3.63, 3.8) is 0 Å². The van der Waals surface area contributed by atoms with Crippen LogP contribution >= 0.6 is 0 Å². The quantitative estimate of drug-likeness (QED) is 0.124. The van der Waals surface area contributed by atoms with Crippen LogP contribution in [0.4, 0.5) is 17.1 Å². The van der Waals surface area contributed by atoms with E-state index < -0.39 is 11.8 Å². The Morgan fingerprint density at radius 3 is 1.71 bits per heavy atom. The Kier molecular flexibility index (Phi) is 8.82. The number of hydrogen-bond donors (Lipinski definition) is 0. The maximum absolute atomic E-state index is 15.4. The molecule has 0 fully saturated rings. The predicted octanol–water partition coefficient (Wildman–Crippen LogP) is 13.1. The SMILES string of the molecule is [C-]#[N+]c1ccc(-c2cccc3c4cccc(-c5ccc(C#N)cc5C#N)c4n(-c4cccc5c4C(=O)N(c4cccc(-c6ccccc6)c4-c4ccccc4)C5=O)c23)c([N+]#[C-])c1. The van der Waals surface area contributed by atoms with Gasteiger partial charge in [-0.15, -0.1) is 0 Å². The number of rotatable bonds is 6. The third-order valence-corrected chi connectivity index (χ3v) is 11.5. The number of hydrogen-bond acceptors (Lipinski definition) is 4. The number of imide groups is 1. The van der Waals surface area contributed by atoms with Crippen LogP contribution < -0.4 is 4.90 Å². The van der Waals surface area contributed by atoms with E-state index in [1.807, 2.05) is 120 Å². The molecular weight excluding hydrogens is 765 g/mol. The number of nitriles is 2. The Balaban J connectivity index is 1.29. The lowest BCUT2D eigenvalue weighted by Crippen LogP contribution is -2.30. The minimum atomic E-state index is -0.507. The zero-order valence-corrected chi connectivity index (χ0v) is 32.7. The first-order valence-corrected chi connectivity index (χ1v) is 19.6. The lowest BCUT2D eigenvalue weighted by molar-refractivity contribution is 0.0926. The van der Waals surface area contributed by atoms with E-state index >= 15 is 4.79 Å². The fraction of sp³-hybridized carbons (Fsp3) is 0. The number of carbonyl (C=O) groups excluding carboxylic acids is 2. The summed E-state index contributed by atoms with van der Waals surface area (Å²) in [6, 6.07) is 56.5. The van der Waals surface area contributed by atoms with Crippen molar-refractivity contribution in [2.24, 2.45) is 0 Å². The molecule has 286 valence electrons. The monoisotopic (exact) mass is 792 g/mol. The zero-order chi connectivity index (χ0) is 42.5. The lowest BCUT2D eigenvalue weighted by atomic mass is 9.92. The Labute approximate surface area is 356 Å². The molecule has 10 rings (SSSR count). The van der Waals surface area contributed by atoms with Crippen molar-refractivity contribution in [3.05, 3.63) is 215 Å². The highest BCUT2D eigenvalue weighted by Crippen LogP contribution is 2.48. The van der Waals surface area contributed by atoms with Crippen molar-refractivity contribution in [3.8, 4) is 62.3 Å². The van der Waals surface area contributed by atoms with Gasteiger partial charge in [-0.1, -0.05) is 140 Å². The summed E-state index contributed by atoms with van der Waals surface area (Å²) in [7, 11) is 0. The van der Waals surface area contributed by atoms with Gasteiger partial charge in [0.2, 0.25) is 0 Å². The number of carbonyl (C=O) groups is 2. The average molecular weight is 793 g/mol. The van der Waals surface area contributed by atoms with Gasteiger partial charge < -0.3 is 4.57 Å². The van der Waals surface area contributed by atoms with E-state index in [0.717, 1.165) is 33.0 Å². The van der Waals surface area contributed by atoms with Gasteiger partial charge in [0.25, 0.3) is 11.8 Å². The number of anilines is 1. The number of benzene rings is 8. The summed E-state index contributed by atoms with van der Waals surface area (Å²) in [6.07, 6.45) is 0. The number of para-hydroxylation sites is 2. The molecule has 0 saturated carbocycles. The largest absolute Gasteiger partial charge is 0.307 e. The van der Waals surface area contributed by atoms with E-state index in [-0.39, 0.29) is 16.8 Å². The summed E-state index contributed by atoms with van der Waals surface area (Å²) in [6.45, 7) is 15.8. The van der Waals surface area contributed by atoms with E-state index in [9.17, 15) is 15.3 Å². The molecule has 0 bridgehead atoms. The molecule has 9 aromatic rings. The van der Waals surface area contributed by atoms with Gasteiger partial charge in [-0.25, -0.2) is 14.6 Å². The van der Waals surface area contributed by atoms with Crippen molar-refractivity contribution in [1.29, 1.82) is 10.5 Å². The molecule has 0 N–H and O–H groups in total. The highest BCUT2D eigenvalue weighted by molar-refractivity contribution is 6.37. The van der Waals surface area contributed by atoms with Gasteiger partial charge in [-0.2, -0.15) is 10.5 Å². The molecule has 0 atom stereocenters. The summed E-state index contributed by atoms with van der Waals surface area (Å²) in [5, 5.41) is 21.7. The molecule has 1 aliphatic rings. The lowest BCUT2D eigenvalue weighted by Gasteiger charge is -2.22. The van der Waals surface area contributed by atoms with E-state index in [2.05, 4.69) is 21.8 Å². The third-order valence-electron chi connectivity index (χ3n) is 11.5. The molecule has 2 amide bonds. The summed E-state index contributed by atoms with van der Waals surface area (Å²) in [5.74, 6) is -0.980.